The second-order valence-corrected chi connectivity index (χ2v) is 11.8. The molecule has 0 aliphatic rings. The van der Waals surface area contributed by atoms with Crippen LogP contribution in [0.3, 0.4) is 0 Å². The van der Waals surface area contributed by atoms with Crippen molar-refractivity contribution in [1.29, 1.82) is 0 Å². The monoisotopic (exact) mass is 643 g/mol. The third-order valence-corrected chi connectivity index (χ3v) is 8.85. The van der Waals surface area contributed by atoms with Gasteiger partial charge in [0.05, 0.1) is 18.5 Å². The summed E-state index contributed by atoms with van der Waals surface area (Å²) in [6.45, 7) is 9.17. The molecule has 0 saturated heterocycles. The Bertz CT molecular complexity index is 1610. The molecule has 14 heteroatoms. The van der Waals surface area contributed by atoms with E-state index in [1.165, 1.54) is 30.6 Å². The van der Waals surface area contributed by atoms with Gasteiger partial charge in [-0.3, -0.25) is 10.1 Å². The number of nitrogens with zero attached hydrogens (tertiary/aromatic N) is 3. The third kappa shape index (κ3) is 8.27. The number of benzene rings is 2. The number of hydrogen-bond donors (Lipinski definition) is 4. The molecule has 10 nitrogen and oxygen atoms in total. The molecular weight excluding hydrogens is 609 g/mol. The molecule has 0 spiro atoms. The number of urea groups is 1. The van der Waals surface area contributed by atoms with Crippen LogP contribution in [0.25, 0.3) is 21.1 Å². The summed E-state index contributed by atoms with van der Waals surface area (Å²) in [7, 11) is 1.47. The lowest BCUT2D eigenvalue weighted by Crippen LogP contribution is -2.36. The highest BCUT2D eigenvalue weighted by atomic mass is 32.1. The molecule has 0 radical (unpaired) electrons. The predicted molar refractivity (Wildman–Crippen MR) is 173 cm³/mol. The van der Waals surface area contributed by atoms with Crippen molar-refractivity contribution in [2.75, 3.05) is 43.1 Å². The molecule has 4 rings (SSSR count). The SMILES string of the molecule is CCN(CC)CCCC(C)NC(=O)Nc1nc(N)c(-c2nc(-c3cc(NC(=O)c4cccc(OC)c4)c(F)cc3F)cs2)s1. The molecule has 3 amide bonds. The number of aromatic nitrogens is 2. The average molecular weight is 644 g/mol. The van der Waals surface area contributed by atoms with Gasteiger partial charge in [0.2, 0.25) is 0 Å². The first-order valence-corrected chi connectivity index (χ1v) is 15.8. The lowest BCUT2D eigenvalue weighted by atomic mass is 10.1. The largest absolute Gasteiger partial charge is 0.497 e. The number of halogens is 2. The van der Waals surface area contributed by atoms with Gasteiger partial charge in [-0.15, -0.1) is 11.3 Å². The normalized spacial score (nSPS) is 11.8. The molecule has 1 atom stereocenters. The number of hydrogen-bond acceptors (Lipinski definition) is 9. The smallest absolute Gasteiger partial charge is 0.321 e. The zero-order valence-electron chi connectivity index (χ0n) is 24.9. The number of nitrogen functional groups attached to an aromatic ring is 1. The number of ether oxygens (including phenoxy) is 1. The molecule has 2 aromatic heterocycles. The molecule has 0 aliphatic heterocycles. The molecule has 0 saturated carbocycles. The van der Waals surface area contributed by atoms with Crippen molar-refractivity contribution < 1.29 is 23.1 Å². The Labute approximate surface area is 262 Å². The van der Waals surface area contributed by atoms with Gasteiger partial charge in [-0.25, -0.2) is 23.5 Å². The van der Waals surface area contributed by atoms with Gasteiger partial charge < -0.3 is 26.0 Å². The fourth-order valence-corrected chi connectivity index (χ4v) is 6.23. The van der Waals surface area contributed by atoms with Crippen LogP contribution in [0.2, 0.25) is 0 Å². The lowest BCUT2D eigenvalue weighted by molar-refractivity contribution is 0.102. The van der Waals surface area contributed by atoms with Gasteiger partial charge in [-0.05, 0) is 63.7 Å². The van der Waals surface area contributed by atoms with Crippen molar-refractivity contribution in [2.45, 2.75) is 39.7 Å². The number of thiazole rings is 2. The average Bonchev–Trinajstić information content (AvgIpc) is 3.62. The number of methoxy groups -OCH3 is 1. The Kier molecular flexibility index (Phi) is 11.2. The Morgan fingerprint density at radius 1 is 1.09 bits per heavy atom. The highest BCUT2D eigenvalue weighted by Crippen LogP contribution is 2.39. The van der Waals surface area contributed by atoms with Crippen molar-refractivity contribution in [3.8, 4) is 26.9 Å². The van der Waals surface area contributed by atoms with Crippen LogP contribution in [0.1, 0.15) is 44.0 Å². The zero-order valence-corrected chi connectivity index (χ0v) is 26.5. The predicted octanol–water partition coefficient (Wildman–Crippen LogP) is 6.69. The highest BCUT2D eigenvalue weighted by molar-refractivity contribution is 7.23. The van der Waals surface area contributed by atoms with E-state index in [0.29, 0.717) is 21.7 Å². The van der Waals surface area contributed by atoms with E-state index < -0.39 is 23.6 Å². The summed E-state index contributed by atoms with van der Waals surface area (Å²) in [4.78, 5) is 36.8. The first-order valence-electron chi connectivity index (χ1n) is 14.1. The number of amides is 3. The molecule has 44 heavy (non-hydrogen) atoms. The van der Waals surface area contributed by atoms with E-state index in [1.54, 1.807) is 23.6 Å². The summed E-state index contributed by atoms with van der Waals surface area (Å²) in [6, 6.07) is 7.83. The summed E-state index contributed by atoms with van der Waals surface area (Å²) in [5, 5.41) is 10.4. The standard InChI is InChI=1S/C30H35F2N7O3S2/c1-5-39(6-2)12-8-9-17(3)34-29(41)38-30-37-26(33)25(44-30)28-36-24(16-43-28)20-14-23(22(32)15-21(20)31)35-27(40)18-10-7-11-19(13-18)42-4/h7,10-11,13-17H,5-6,8-9,12,33H2,1-4H3,(H,35,40)(H2,34,37,38,41). The second-order valence-electron chi connectivity index (χ2n) is 9.94. The Hall–Kier alpha value is -4.14. The van der Waals surface area contributed by atoms with Gasteiger partial charge in [0, 0.05) is 28.6 Å². The van der Waals surface area contributed by atoms with Gasteiger partial charge in [-0.1, -0.05) is 31.3 Å². The maximum absolute atomic E-state index is 14.9. The quantitative estimate of drug-likeness (QED) is 0.128. The van der Waals surface area contributed by atoms with Crippen LogP contribution in [0.5, 0.6) is 5.75 Å². The van der Waals surface area contributed by atoms with Crippen LogP contribution in [0.15, 0.2) is 41.8 Å². The fourth-order valence-electron chi connectivity index (χ4n) is 4.43. The van der Waals surface area contributed by atoms with Crippen LogP contribution < -0.4 is 26.4 Å². The molecule has 234 valence electrons. The number of rotatable bonds is 13. The number of carbonyl (C=O) groups is 2. The Morgan fingerprint density at radius 2 is 1.86 bits per heavy atom. The molecule has 0 bridgehead atoms. The summed E-state index contributed by atoms with van der Waals surface area (Å²) in [6.07, 6.45) is 1.80. The second kappa shape index (κ2) is 15.0. The molecular formula is C30H35F2N7O3S2. The number of nitrogens with two attached hydrogens (primary N) is 1. The molecule has 2 aromatic carbocycles. The minimum atomic E-state index is -0.933. The van der Waals surface area contributed by atoms with Gasteiger partial charge in [0.25, 0.3) is 5.91 Å². The van der Waals surface area contributed by atoms with Crippen molar-refractivity contribution in [3.05, 3.63) is 59.0 Å². The van der Waals surface area contributed by atoms with Crippen LogP contribution in [0, 0.1) is 11.6 Å². The number of carbonyl (C=O) groups excluding carboxylic acids is 2. The van der Waals surface area contributed by atoms with Crippen LogP contribution >= 0.6 is 22.7 Å². The third-order valence-electron chi connectivity index (χ3n) is 6.87. The fraction of sp³-hybridized carbons (Fsp3) is 0.333. The summed E-state index contributed by atoms with van der Waals surface area (Å²) in [5.41, 5.74) is 6.38. The molecule has 5 N–H and O–H groups in total. The van der Waals surface area contributed by atoms with E-state index in [1.807, 2.05) is 6.92 Å². The van der Waals surface area contributed by atoms with E-state index in [9.17, 15) is 18.4 Å². The van der Waals surface area contributed by atoms with Crippen molar-refractivity contribution in [1.82, 2.24) is 20.2 Å². The lowest BCUT2D eigenvalue weighted by Gasteiger charge is -2.19. The van der Waals surface area contributed by atoms with Gasteiger partial charge in [0.1, 0.15) is 33.1 Å². The van der Waals surface area contributed by atoms with Gasteiger partial charge in [0.15, 0.2) is 5.13 Å². The maximum atomic E-state index is 14.9. The summed E-state index contributed by atoms with van der Waals surface area (Å²) in [5.74, 6) is -1.75. The minimum Gasteiger partial charge on any atom is -0.497 e. The van der Waals surface area contributed by atoms with E-state index in [2.05, 4.69) is 44.7 Å². The van der Waals surface area contributed by atoms with E-state index in [-0.39, 0.29) is 39.5 Å². The molecule has 2 heterocycles. The molecule has 1 unspecified atom stereocenters. The van der Waals surface area contributed by atoms with E-state index in [0.717, 1.165) is 43.8 Å². The van der Waals surface area contributed by atoms with Crippen molar-refractivity contribution in [3.63, 3.8) is 0 Å². The van der Waals surface area contributed by atoms with Crippen LogP contribution in [-0.4, -0.2) is 59.6 Å². The molecule has 0 aliphatic carbocycles. The zero-order chi connectivity index (χ0) is 31.8. The number of anilines is 3. The molecule has 4 aromatic rings. The van der Waals surface area contributed by atoms with Crippen LogP contribution in [0.4, 0.5) is 30.2 Å². The first-order chi connectivity index (χ1) is 21.1. The summed E-state index contributed by atoms with van der Waals surface area (Å²) < 4.78 is 34.6. The topological polar surface area (TPSA) is 134 Å². The van der Waals surface area contributed by atoms with Crippen molar-refractivity contribution >= 4 is 51.2 Å². The summed E-state index contributed by atoms with van der Waals surface area (Å²) >= 11 is 2.32. The number of nitrogens with one attached hydrogen (secondary N) is 3. The van der Waals surface area contributed by atoms with Crippen LogP contribution in [-0.2, 0) is 0 Å². The maximum Gasteiger partial charge on any atom is 0.321 e. The Morgan fingerprint density at radius 3 is 2.59 bits per heavy atom. The van der Waals surface area contributed by atoms with Gasteiger partial charge >= 0.3 is 6.03 Å². The Balaban J connectivity index is 1.43. The van der Waals surface area contributed by atoms with Crippen molar-refractivity contribution in [2.24, 2.45) is 0 Å². The first kappa shape index (κ1) is 32.8. The van der Waals surface area contributed by atoms with E-state index >= 15 is 0 Å². The minimum absolute atomic E-state index is 0.00867. The highest BCUT2D eigenvalue weighted by Gasteiger charge is 2.20. The molecule has 0 fully saturated rings. The van der Waals surface area contributed by atoms with Gasteiger partial charge in [-0.2, -0.15) is 0 Å². The van der Waals surface area contributed by atoms with E-state index in [4.69, 9.17) is 10.5 Å².